The van der Waals surface area contributed by atoms with Crippen molar-refractivity contribution in [3.05, 3.63) is 164 Å². The molecule has 0 fully saturated rings. The largest absolute Gasteiger partial charge is 0.456 e. The molecule has 3 aromatic heterocycles. The summed E-state index contributed by atoms with van der Waals surface area (Å²) in [5.74, 6) is 0. The van der Waals surface area contributed by atoms with Crippen LogP contribution in [-0.2, 0) is 0 Å². The van der Waals surface area contributed by atoms with Gasteiger partial charge in [0.25, 0.3) is 0 Å². The Kier molecular flexibility index (Phi) is 5.63. The molecule has 0 bridgehead atoms. The van der Waals surface area contributed by atoms with E-state index in [0.717, 1.165) is 93.7 Å². The zero-order chi connectivity index (χ0) is 32.8. The second-order valence-electron chi connectivity index (χ2n) is 12.9. The van der Waals surface area contributed by atoms with Crippen molar-refractivity contribution in [3.63, 3.8) is 0 Å². The molecular formula is C46H27NO3. The number of rotatable bonds is 4. The lowest BCUT2D eigenvalue weighted by molar-refractivity contribution is 0.664. The molecule has 11 aromatic rings. The Morgan fingerprint density at radius 3 is 1.80 bits per heavy atom. The first-order valence-corrected chi connectivity index (χ1v) is 16.8. The van der Waals surface area contributed by atoms with Crippen molar-refractivity contribution in [2.45, 2.75) is 0 Å². The molecule has 0 aliphatic carbocycles. The number of para-hydroxylation sites is 1. The number of benzene rings is 8. The Hall–Kier alpha value is -6.78. The fraction of sp³-hybridized carbons (Fsp3) is 0. The van der Waals surface area contributed by atoms with Gasteiger partial charge < -0.3 is 18.2 Å². The van der Waals surface area contributed by atoms with E-state index in [1.807, 2.05) is 30.3 Å². The minimum Gasteiger partial charge on any atom is -0.456 e. The van der Waals surface area contributed by atoms with Gasteiger partial charge in [0, 0.05) is 60.8 Å². The monoisotopic (exact) mass is 641 g/mol. The van der Waals surface area contributed by atoms with Gasteiger partial charge in [-0.2, -0.15) is 0 Å². The second-order valence-corrected chi connectivity index (χ2v) is 12.9. The topological polar surface area (TPSA) is 42.7 Å². The van der Waals surface area contributed by atoms with E-state index in [1.165, 1.54) is 11.1 Å². The normalized spacial score (nSPS) is 12.0. The van der Waals surface area contributed by atoms with Crippen LogP contribution in [0.1, 0.15) is 0 Å². The maximum Gasteiger partial charge on any atom is 0.143 e. The van der Waals surface area contributed by atoms with Crippen LogP contribution in [0.5, 0.6) is 0 Å². The minimum atomic E-state index is 0.820. The highest BCUT2D eigenvalue weighted by atomic mass is 16.3. The Labute approximate surface area is 286 Å². The minimum absolute atomic E-state index is 0.820. The van der Waals surface area contributed by atoms with Gasteiger partial charge in [0.1, 0.15) is 33.5 Å². The lowest BCUT2D eigenvalue weighted by Gasteiger charge is -2.25. The number of furan rings is 3. The van der Waals surface area contributed by atoms with Crippen LogP contribution in [0.2, 0.25) is 0 Å². The van der Waals surface area contributed by atoms with Gasteiger partial charge in [-0.25, -0.2) is 0 Å². The average molecular weight is 642 g/mol. The molecule has 0 radical (unpaired) electrons. The van der Waals surface area contributed by atoms with Crippen LogP contribution in [0, 0.1) is 0 Å². The van der Waals surface area contributed by atoms with Gasteiger partial charge in [-0.05, 0) is 83.2 Å². The van der Waals surface area contributed by atoms with Crippen LogP contribution in [0.4, 0.5) is 17.1 Å². The predicted molar refractivity (Wildman–Crippen MR) is 206 cm³/mol. The molecule has 0 saturated heterocycles. The molecule has 0 N–H and O–H groups in total. The fourth-order valence-corrected chi connectivity index (χ4v) is 7.72. The Morgan fingerprint density at radius 2 is 0.920 bits per heavy atom. The number of fused-ring (bicyclic) bond motifs is 12. The summed E-state index contributed by atoms with van der Waals surface area (Å²) in [7, 11) is 0. The van der Waals surface area contributed by atoms with E-state index in [4.69, 9.17) is 13.3 Å². The van der Waals surface area contributed by atoms with Crippen LogP contribution < -0.4 is 4.90 Å². The first kappa shape index (κ1) is 27.2. The molecule has 0 saturated carbocycles. The highest BCUT2D eigenvalue weighted by Gasteiger charge is 2.21. The summed E-state index contributed by atoms with van der Waals surface area (Å²) in [6.45, 7) is 0. The highest BCUT2D eigenvalue weighted by molar-refractivity contribution is 6.28. The smallest absolute Gasteiger partial charge is 0.143 e. The van der Waals surface area contributed by atoms with E-state index in [9.17, 15) is 0 Å². The summed E-state index contributed by atoms with van der Waals surface area (Å²) in [6.07, 6.45) is 0. The van der Waals surface area contributed by atoms with Crippen molar-refractivity contribution >= 4 is 93.7 Å². The Balaban J connectivity index is 1.12. The number of hydrogen-bond donors (Lipinski definition) is 0. The van der Waals surface area contributed by atoms with E-state index in [2.05, 4.69) is 138 Å². The SMILES string of the molecule is c1ccc(-c2ccc(N(c3ccc4c(c3)oc3ccc5oc6c7ccccc7ccc6c5c34)c3ccc4oc5ccccc5c4c3)cc2)cc1. The Morgan fingerprint density at radius 1 is 0.320 bits per heavy atom. The molecule has 50 heavy (non-hydrogen) atoms. The van der Waals surface area contributed by atoms with Crippen molar-refractivity contribution in [1.29, 1.82) is 0 Å². The molecule has 8 aromatic carbocycles. The van der Waals surface area contributed by atoms with Gasteiger partial charge in [-0.15, -0.1) is 0 Å². The molecule has 0 spiro atoms. The summed E-state index contributed by atoms with van der Waals surface area (Å²) in [4.78, 5) is 2.29. The molecule has 0 unspecified atom stereocenters. The molecule has 3 heterocycles. The van der Waals surface area contributed by atoms with Crippen molar-refractivity contribution < 1.29 is 13.3 Å². The van der Waals surface area contributed by atoms with Crippen molar-refractivity contribution in [2.75, 3.05) is 4.90 Å². The molecule has 11 rings (SSSR count). The van der Waals surface area contributed by atoms with E-state index in [-0.39, 0.29) is 0 Å². The summed E-state index contributed by atoms with van der Waals surface area (Å²) in [5, 5.41) is 8.76. The van der Waals surface area contributed by atoms with Crippen molar-refractivity contribution in [3.8, 4) is 11.1 Å². The molecule has 4 heteroatoms. The number of hydrogen-bond acceptors (Lipinski definition) is 4. The molecule has 4 nitrogen and oxygen atoms in total. The maximum absolute atomic E-state index is 6.64. The molecular weight excluding hydrogens is 615 g/mol. The van der Waals surface area contributed by atoms with E-state index < -0.39 is 0 Å². The number of anilines is 3. The third kappa shape index (κ3) is 3.99. The van der Waals surface area contributed by atoms with Gasteiger partial charge in [-0.1, -0.05) is 91.0 Å². The molecule has 0 atom stereocenters. The molecule has 234 valence electrons. The van der Waals surface area contributed by atoms with Crippen LogP contribution >= 0.6 is 0 Å². The van der Waals surface area contributed by atoms with Crippen molar-refractivity contribution in [1.82, 2.24) is 0 Å². The summed E-state index contributed by atoms with van der Waals surface area (Å²) in [5.41, 5.74) is 10.6. The van der Waals surface area contributed by atoms with Crippen LogP contribution in [-0.4, -0.2) is 0 Å². The Bertz CT molecular complexity index is 3090. The van der Waals surface area contributed by atoms with Crippen molar-refractivity contribution in [2.24, 2.45) is 0 Å². The van der Waals surface area contributed by atoms with Crippen LogP contribution in [0.25, 0.3) is 87.7 Å². The first-order chi connectivity index (χ1) is 24.8. The summed E-state index contributed by atoms with van der Waals surface area (Å²) < 4.78 is 19.3. The standard InChI is InChI=1S/C46H27NO3/c1-2-8-28(9-3-1)29-14-17-31(18-15-29)47(32-20-23-40-38(26-32)35-12-6-7-13-39(35)48-40)33-19-22-36-43(27-33)49-41-24-25-42-45(44(36)41)37-21-16-30-10-4-5-11-34(30)46(37)50-42/h1-27H. The quantitative estimate of drug-likeness (QED) is 0.192. The van der Waals surface area contributed by atoms with E-state index in [0.29, 0.717) is 0 Å². The highest BCUT2D eigenvalue weighted by Crippen LogP contribution is 2.45. The third-order valence-corrected chi connectivity index (χ3v) is 10.1. The van der Waals surface area contributed by atoms with Gasteiger partial charge in [0.15, 0.2) is 0 Å². The zero-order valence-electron chi connectivity index (χ0n) is 26.8. The second kappa shape index (κ2) is 10.4. The predicted octanol–water partition coefficient (Wildman–Crippen LogP) is 13.7. The van der Waals surface area contributed by atoms with Crippen LogP contribution in [0.3, 0.4) is 0 Å². The van der Waals surface area contributed by atoms with E-state index >= 15 is 0 Å². The first-order valence-electron chi connectivity index (χ1n) is 16.8. The van der Waals surface area contributed by atoms with Gasteiger partial charge >= 0.3 is 0 Å². The van der Waals surface area contributed by atoms with E-state index in [1.54, 1.807) is 0 Å². The molecule has 0 aliphatic rings. The van der Waals surface area contributed by atoms with Gasteiger partial charge in [-0.3, -0.25) is 0 Å². The lowest BCUT2D eigenvalue weighted by atomic mass is 10.0. The summed E-state index contributed by atoms with van der Waals surface area (Å²) >= 11 is 0. The third-order valence-electron chi connectivity index (χ3n) is 10.1. The van der Waals surface area contributed by atoms with Crippen LogP contribution in [0.15, 0.2) is 177 Å². The fourth-order valence-electron chi connectivity index (χ4n) is 7.72. The molecule has 0 aliphatic heterocycles. The van der Waals surface area contributed by atoms with Gasteiger partial charge in [0.05, 0.1) is 0 Å². The number of nitrogens with zero attached hydrogens (tertiary/aromatic N) is 1. The maximum atomic E-state index is 6.64. The molecule has 0 amide bonds. The lowest BCUT2D eigenvalue weighted by Crippen LogP contribution is -2.09. The summed E-state index contributed by atoms with van der Waals surface area (Å²) in [6, 6.07) is 57.2. The van der Waals surface area contributed by atoms with Gasteiger partial charge in [0.2, 0.25) is 0 Å². The zero-order valence-corrected chi connectivity index (χ0v) is 26.8. The average Bonchev–Trinajstić information content (AvgIpc) is 3.86.